The highest BCUT2D eigenvalue weighted by atomic mass is 35.5. The quantitative estimate of drug-likeness (QED) is 0.492. The summed E-state index contributed by atoms with van der Waals surface area (Å²) in [5.74, 6) is 0.414. The van der Waals surface area contributed by atoms with E-state index in [9.17, 15) is 5.11 Å². The standard InChI is InChI=1S/C28H32ClNO3/c1-3-21-8-12-23(13-9-21)28(31,25-6-4-5-7-27(25)32-2)26(20-30-16-18-33-19-17-30)22-10-14-24(29)15-11-22/h4-15,26,31H,3,16-20H2,1-2H3/t26-,28+/m0/s1. The Balaban J connectivity index is 1.90. The van der Waals surface area contributed by atoms with Crippen molar-refractivity contribution < 1.29 is 14.6 Å². The van der Waals surface area contributed by atoms with Crippen molar-refractivity contribution in [1.29, 1.82) is 0 Å². The maximum atomic E-state index is 12.8. The molecule has 3 aromatic carbocycles. The highest BCUT2D eigenvalue weighted by Crippen LogP contribution is 2.46. The fourth-order valence-electron chi connectivity index (χ4n) is 4.71. The van der Waals surface area contributed by atoms with Gasteiger partial charge in [-0.25, -0.2) is 0 Å². The van der Waals surface area contributed by atoms with Gasteiger partial charge in [0.2, 0.25) is 0 Å². The molecule has 0 unspecified atom stereocenters. The van der Waals surface area contributed by atoms with Gasteiger partial charge >= 0.3 is 0 Å². The van der Waals surface area contributed by atoms with Crippen LogP contribution in [0.4, 0.5) is 0 Å². The van der Waals surface area contributed by atoms with E-state index < -0.39 is 5.60 Å². The van der Waals surface area contributed by atoms with Crippen molar-refractivity contribution in [3.63, 3.8) is 0 Å². The van der Waals surface area contributed by atoms with E-state index in [1.807, 2.05) is 60.7 Å². The van der Waals surface area contributed by atoms with Crippen LogP contribution in [-0.2, 0) is 16.8 Å². The molecule has 0 spiro atoms. The maximum Gasteiger partial charge on any atom is 0.126 e. The number of methoxy groups -OCH3 is 1. The van der Waals surface area contributed by atoms with Gasteiger partial charge in [0.25, 0.3) is 0 Å². The topological polar surface area (TPSA) is 41.9 Å². The van der Waals surface area contributed by atoms with Crippen LogP contribution in [0.3, 0.4) is 0 Å². The van der Waals surface area contributed by atoms with E-state index in [0.717, 1.165) is 36.2 Å². The second kappa shape index (κ2) is 10.7. The van der Waals surface area contributed by atoms with Gasteiger partial charge in [0.15, 0.2) is 0 Å². The molecule has 0 saturated carbocycles. The number of ether oxygens (including phenoxy) is 2. The summed E-state index contributed by atoms with van der Waals surface area (Å²) in [6.45, 7) is 5.88. The number of para-hydroxylation sites is 1. The number of morpholine rings is 1. The number of halogens is 1. The lowest BCUT2D eigenvalue weighted by molar-refractivity contribution is -0.000140. The third-order valence-electron chi connectivity index (χ3n) is 6.64. The van der Waals surface area contributed by atoms with Crippen LogP contribution < -0.4 is 4.74 Å². The maximum absolute atomic E-state index is 12.8. The molecular formula is C28H32ClNO3. The highest BCUT2D eigenvalue weighted by Gasteiger charge is 2.44. The molecule has 1 aliphatic heterocycles. The second-order valence-corrected chi connectivity index (χ2v) is 8.97. The van der Waals surface area contributed by atoms with Crippen molar-refractivity contribution in [2.75, 3.05) is 40.0 Å². The Bertz CT molecular complexity index is 1030. The normalized spacial score (nSPS) is 17.3. The van der Waals surface area contributed by atoms with Crippen LogP contribution in [-0.4, -0.2) is 50.0 Å². The minimum Gasteiger partial charge on any atom is -0.496 e. The molecule has 0 amide bonds. The molecule has 0 radical (unpaired) electrons. The van der Waals surface area contributed by atoms with Crippen molar-refractivity contribution in [2.45, 2.75) is 24.9 Å². The van der Waals surface area contributed by atoms with Gasteiger partial charge in [0, 0.05) is 36.1 Å². The summed E-state index contributed by atoms with van der Waals surface area (Å²) in [6.07, 6.45) is 0.946. The molecule has 1 heterocycles. The second-order valence-electron chi connectivity index (χ2n) is 8.53. The first-order valence-electron chi connectivity index (χ1n) is 11.6. The summed E-state index contributed by atoms with van der Waals surface area (Å²) in [6, 6.07) is 23.9. The minimum atomic E-state index is -1.31. The smallest absolute Gasteiger partial charge is 0.126 e. The zero-order valence-electron chi connectivity index (χ0n) is 19.3. The lowest BCUT2D eigenvalue weighted by Crippen LogP contribution is -2.45. The van der Waals surface area contributed by atoms with Gasteiger partial charge in [-0.1, -0.05) is 73.1 Å². The van der Waals surface area contributed by atoms with E-state index >= 15 is 0 Å². The molecule has 174 valence electrons. The van der Waals surface area contributed by atoms with Gasteiger partial charge in [-0.05, 0) is 41.3 Å². The number of aryl methyl sites for hydroxylation is 1. The summed E-state index contributed by atoms with van der Waals surface area (Å²) in [7, 11) is 1.65. The third-order valence-corrected chi connectivity index (χ3v) is 6.89. The Kier molecular flexibility index (Phi) is 7.71. The average Bonchev–Trinajstić information content (AvgIpc) is 2.88. The number of nitrogens with zero attached hydrogens (tertiary/aromatic N) is 1. The zero-order valence-corrected chi connectivity index (χ0v) is 20.1. The lowest BCUT2D eigenvalue weighted by Gasteiger charge is -2.41. The molecule has 33 heavy (non-hydrogen) atoms. The predicted octanol–water partition coefficient (Wildman–Crippen LogP) is 5.26. The monoisotopic (exact) mass is 465 g/mol. The van der Waals surface area contributed by atoms with E-state index in [0.29, 0.717) is 30.5 Å². The van der Waals surface area contributed by atoms with Crippen molar-refractivity contribution in [2.24, 2.45) is 0 Å². The largest absolute Gasteiger partial charge is 0.496 e. The van der Waals surface area contributed by atoms with Crippen LogP contribution >= 0.6 is 11.6 Å². The average molecular weight is 466 g/mol. The van der Waals surface area contributed by atoms with E-state index in [1.165, 1.54) is 5.56 Å². The fourth-order valence-corrected chi connectivity index (χ4v) is 4.84. The number of aliphatic hydroxyl groups is 1. The molecule has 1 N–H and O–H groups in total. The zero-order chi connectivity index (χ0) is 23.3. The molecule has 3 aromatic rings. The lowest BCUT2D eigenvalue weighted by atomic mass is 9.72. The van der Waals surface area contributed by atoms with Gasteiger partial charge < -0.3 is 14.6 Å². The fraction of sp³-hybridized carbons (Fsp3) is 0.357. The van der Waals surface area contributed by atoms with Gasteiger partial charge in [-0.3, -0.25) is 4.90 Å². The van der Waals surface area contributed by atoms with Crippen molar-refractivity contribution in [3.05, 3.63) is 100 Å². The summed E-state index contributed by atoms with van der Waals surface area (Å²) < 4.78 is 11.3. The van der Waals surface area contributed by atoms with E-state index in [-0.39, 0.29) is 5.92 Å². The molecule has 1 saturated heterocycles. The van der Waals surface area contributed by atoms with E-state index in [4.69, 9.17) is 21.1 Å². The summed E-state index contributed by atoms with van der Waals surface area (Å²) in [4.78, 5) is 2.36. The number of rotatable bonds is 8. The first-order valence-corrected chi connectivity index (χ1v) is 11.9. The summed E-state index contributed by atoms with van der Waals surface area (Å²) >= 11 is 6.23. The molecule has 0 aliphatic carbocycles. The van der Waals surface area contributed by atoms with Gasteiger partial charge in [-0.15, -0.1) is 0 Å². The number of benzene rings is 3. The first-order chi connectivity index (χ1) is 16.1. The molecule has 4 nitrogen and oxygen atoms in total. The Hall–Kier alpha value is -2.37. The van der Waals surface area contributed by atoms with Crippen molar-refractivity contribution in [3.8, 4) is 5.75 Å². The van der Waals surface area contributed by atoms with Gasteiger partial charge in [-0.2, -0.15) is 0 Å². The number of hydrogen-bond acceptors (Lipinski definition) is 4. The Morgan fingerprint density at radius 1 is 1.00 bits per heavy atom. The van der Waals surface area contributed by atoms with Crippen LogP contribution in [0.25, 0.3) is 0 Å². The highest BCUT2D eigenvalue weighted by molar-refractivity contribution is 6.30. The van der Waals surface area contributed by atoms with Crippen molar-refractivity contribution in [1.82, 2.24) is 4.90 Å². The Morgan fingerprint density at radius 3 is 2.30 bits per heavy atom. The predicted molar refractivity (Wildman–Crippen MR) is 133 cm³/mol. The SMILES string of the molecule is CCc1ccc([C@@](O)(c2ccccc2OC)[C@@H](CN2CCOCC2)c2ccc(Cl)cc2)cc1. The van der Waals surface area contributed by atoms with E-state index in [2.05, 4.69) is 24.0 Å². The van der Waals surface area contributed by atoms with Gasteiger partial charge in [0.05, 0.1) is 20.3 Å². The summed E-state index contributed by atoms with van der Waals surface area (Å²) in [5.41, 5.74) is 2.55. The molecule has 1 fully saturated rings. The van der Waals surface area contributed by atoms with Crippen LogP contribution in [0, 0.1) is 0 Å². The first kappa shape index (κ1) is 23.8. The molecule has 4 rings (SSSR count). The Morgan fingerprint density at radius 2 is 1.67 bits per heavy atom. The molecule has 0 bridgehead atoms. The van der Waals surface area contributed by atoms with Crippen LogP contribution in [0.2, 0.25) is 5.02 Å². The van der Waals surface area contributed by atoms with Crippen molar-refractivity contribution >= 4 is 11.6 Å². The Labute approximate surface area is 201 Å². The summed E-state index contributed by atoms with van der Waals surface area (Å²) in [5, 5.41) is 13.4. The molecule has 0 aromatic heterocycles. The third kappa shape index (κ3) is 5.10. The van der Waals surface area contributed by atoms with Crippen LogP contribution in [0.15, 0.2) is 72.8 Å². The molecular weight excluding hydrogens is 434 g/mol. The molecule has 5 heteroatoms. The number of hydrogen-bond donors (Lipinski definition) is 1. The van der Waals surface area contributed by atoms with Crippen LogP contribution in [0.5, 0.6) is 5.75 Å². The van der Waals surface area contributed by atoms with Crippen LogP contribution in [0.1, 0.15) is 35.1 Å². The minimum absolute atomic E-state index is 0.253. The van der Waals surface area contributed by atoms with E-state index in [1.54, 1.807) is 7.11 Å². The molecule has 2 atom stereocenters. The van der Waals surface area contributed by atoms with Gasteiger partial charge in [0.1, 0.15) is 11.4 Å². The molecule has 1 aliphatic rings.